The summed E-state index contributed by atoms with van der Waals surface area (Å²) in [6.45, 7) is 6.89. The molecule has 2 aliphatic rings. The Morgan fingerprint density at radius 2 is 2.00 bits per heavy atom. The van der Waals surface area contributed by atoms with Crippen molar-refractivity contribution in [3.05, 3.63) is 35.4 Å². The number of ether oxygens (including phenoxy) is 1. The first kappa shape index (κ1) is 24.2. The molecule has 37 heavy (non-hydrogen) atoms. The minimum absolute atomic E-state index is 0.0557. The van der Waals surface area contributed by atoms with Crippen LogP contribution in [0.5, 0.6) is 0 Å². The van der Waals surface area contributed by atoms with Crippen LogP contribution in [-0.4, -0.2) is 60.7 Å². The highest BCUT2D eigenvalue weighted by Gasteiger charge is 2.33. The third-order valence-corrected chi connectivity index (χ3v) is 7.50. The molecule has 12 heteroatoms. The van der Waals surface area contributed by atoms with Crippen LogP contribution >= 0.6 is 23.4 Å². The second kappa shape index (κ2) is 9.29. The standard InChI is InChI=1S/C25H27ClN8O2S/c1-25(2,3)36-24(35)30-14-6-9-34(12-14)22-17-18(26)19(13-4-5-13)31-21(17)32-23(33-22)37-15-10-16-20(29-11-15)28-8-7-27-16/h7-8,10-11,13-14H,4-6,9,12H2,1-3H3,(H,30,35)(H,31,32,33)/t14-/m1/s1. The van der Waals surface area contributed by atoms with E-state index < -0.39 is 11.7 Å². The van der Waals surface area contributed by atoms with Crippen molar-refractivity contribution in [2.24, 2.45) is 0 Å². The van der Waals surface area contributed by atoms with Crippen molar-refractivity contribution in [3.8, 4) is 0 Å². The number of hydrogen-bond donors (Lipinski definition) is 2. The summed E-state index contributed by atoms with van der Waals surface area (Å²) in [6, 6.07) is 1.88. The second-order valence-electron chi connectivity index (χ2n) is 10.4. The maximum atomic E-state index is 12.3. The number of alkyl carbamates (subject to hydrolysis) is 1. The molecule has 1 aliphatic carbocycles. The molecule has 1 amide bonds. The van der Waals surface area contributed by atoms with Gasteiger partial charge in [0.25, 0.3) is 0 Å². The third-order valence-electron chi connectivity index (χ3n) is 6.28. The first-order valence-corrected chi connectivity index (χ1v) is 13.5. The molecule has 0 unspecified atom stereocenters. The Morgan fingerprint density at radius 3 is 2.78 bits per heavy atom. The van der Waals surface area contributed by atoms with Gasteiger partial charge in [-0.1, -0.05) is 11.6 Å². The van der Waals surface area contributed by atoms with E-state index in [1.54, 1.807) is 18.6 Å². The molecule has 1 aliphatic heterocycles. The van der Waals surface area contributed by atoms with E-state index in [0.717, 1.165) is 53.2 Å². The van der Waals surface area contributed by atoms with Crippen LogP contribution in [0, 0.1) is 0 Å². The predicted molar refractivity (Wildman–Crippen MR) is 142 cm³/mol. The number of halogens is 1. The molecule has 0 radical (unpaired) electrons. The van der Waals surface area contributed by atoms with Gasteiger partial charge in [-0.05, 0) is 57.9 Å². The van der Waals surface area contributed by atoms with Crippen molar-refractivity contribution < 1.29 is 9.53 Å². The van der Waals surface area contributed by atoms with Crippen LogP contribution in [-0.2, 0) is 4.74 Å². The number of hydrogen-bond acceptors (Lipinski definition) is 9. The van der Waals surface area contributed by atoms with E-state index in [2.05, 4.69) is 30.2 Å². The van der Waals surface area contributed by atoms with Gasteiger partial charge in [0.05, 0.1) is 16.5 Å². The normalized spacial score (nSPS) is 18.1. The lowest BCUT2D eigenvalue weighted by molar-refractivity contribution is 0.0509. The Morgan fingerprint density at radius 1 is 1.19 bits per heavy atom. The second-order valence-corrected chi connectivity index (χ2v) is 11.8. The number of carbonyl (C=O) groups excluding carboxylic acids is 1. The van der Waals surface area contributed by atoms with Gasteiger partial charge in [0.1, 0.15) is 22.6 Å². The quantitative estimate of drug-likeness (QED) is 0.335. The van der Waals surface area contributed by atoms with Gasteiger partial charge in [0.2, 0.25) is 0 Å². The number of rotatable bonds is 5. The molecule has 2 fully saturated rings. The fourth-order valence-electron chi connectivity index (χ4n) is 4.51. The SMILES string of the molecule is CC(C)(C)OC(=O)N[C@@H]1CCN(c2nc(Sc3cnc4nccnc4c3)nc3[nH]c(C4CC4)c(Cl)c23)C1. The Bertz CT molecular complexity index is 1500. The first-order valence-electron chi connectivity index (χ1n) is 12.3. The van der Waals surface area contributed by atoms with Crippen LogP contribution < -0.4 is 10.2 Å². The van der Waals surface area contributed by atoms with E-state index >= 15 is 0 Å². The van der Waals surface area contributed by atoms with Gasteiger partial charge in [0.15, 0.2) is 10.8 Å². The maximum Gasteiger partial charge on any atom is 0.407 e. The highest BCUT2D eigenvalue weighted by Crippen LogP contribution is 2.47. The van der Waals surface area contributed by atoms with Gasteiger partial charge in [-0.3, -0.25) is 4.98 Å². The molecule has 0 spiro atoms. The van der Waals surface area contributed by atoms with E-state index in [1.807, 2.05) is 26.8 Å². The highest BCUT2D eigenvalue weighted by atomic mass is 35.5. The van der Waals surface area contributed by atoms with Gasteiger partial charge in [0, 0.05) is 48.2 Å². The molecule has 6 rings (SSSR count). The van der Waals surface area contributed by atoms with Crippen LogP contribution in [0.3, 0.4) is 0 Å². The number of nitrogens with zero attached hydrogens (tertiary/aromatic N) is 6. The number of fused-ring (bicyclic) bond motifs is 2. The molecule has 1 saturated heterocycles. The summed E-state index contributed by atoms with van der Waals surface area (Å²) in [5.41, 5.74) is 2.50. The Hall–Kier alpha value is -3.18. The molecule has 2 N–H and O–H groups in total. The monoisotopic (exact) mass is 538 g/mol. The number of amides is 1. The zero-order chi connectivity index (χ0) is 25.7. The smallest absolute Gasteiger partial charge is 0.407 e. The van der Waals surface area contributed by atoms with Crippen molar-refractivity contribution in [1.82, 2.24) is 35.2 Å². The zero-order valence-electron chi connectivity index (χ0n) is 20.8. The zero-order valence-corrected chi connectivity index (χ0v) is 22.4. The van der Waals surface area contributed by atoms with Crippen LogP contribution in [0.1, 0.15) is 51.6 Å². The number of anilines is 1. The van der Waals surface area contributed by atoms with Gasteiger partial charge < -0.3 is 19.9 Å². The number of carbonyl (C=O) groups is 1. The van der Waals surface area contributed by atoms with E-state index in [1.165, 1.54) is 11.8 Å². The van der Waals surface area contributed by atoms with Gasteiger partial charge in [-0.2, -0.15) is 0 Å². The Kier molecular flexibility index (Phi) is 6.07. The fraction of sp³-hybridized carbons (Fsp3) is 0.440. The summed E-state index contributed by atoms with van der Waals surface area (Å²) in [7, 11) is 0. The van der Waals surface area contributed by atoms with Crippen LogP contribution in [0.25, 0.3) is 22.2 Å². The van der Waals surface area contributed by atoms with Gasteiger partial charge in [-0.25, -0.2) is 24.7 Å². The van der Waals surface area contributed by atoms with Crippen LogP contribution in [0.15, 0.2) is 34.7 Å². The molecule has 192 valence electrons. The van der Waals surface area contributed by atoms with Crippen LogP contribution in [0.4, 0.5) is 10.6 Å². The molecule has 4 aromatic heterocycles. The average Bonchev–Trinajstić information content (AvgIpc) is 3.49. The predicted octanol–water partition coefficient (Wildman–Crippen LogP) is 5.08. The number of H-pyrrole nitrogens is 1. The van der Waals surface area contributed by atoms with E-state index in [0.29, 0.717) is 33.8 Å². The minimum atomic E-state index is -0.547. The number of aromatic nitrogens is 6. The summed E-state index contributed by atoms with van der Waals surface area (Å²) in [6.07, 6.45) is 7.62. The lowest BCUT2D eigenvalue weighted by Gasteiger charge is -2.22. The Labute approximate surface area is 223 Å². The molecular weight excluding hydrogens is 512 g/mol. The van der Waals surface area contributed by atoms with E-state index in [4.69, 9.17) is 26.3 Å². The topological polar surface area (TPSA) is 122 Å². The summed E-state index contributed by atoms with van der Waals surface area (Å²) in [4.78, 5) is 41.6. The molecule has 4 aromatic rings. The molecule has 0 bridgehead atoms. The summed E-state index contributed by atoms with van der Waals surface area (Å²) in [5, 5.41) is 5.09. The average molecular weight is 539 g/mol. The first-order chi connectivity index (χ1) is 17.7. The third kappa shape index (κ3) is 5.15. The molecule has 1 atom stereocenters. The number of pyridine rings is 1. The van der Waals surface area contributed by atoms with Gasteiger partial charge >= 0.3 is 6.09 Å². The molecule has 5 heterocycles. The van der Waals surface area contributed by atoms with Gasteiger partial charge in [-0.15, -0.1) is 0 Å². The lowest BCUT2D eigenvalue weighted by atomic mass is 10.2. The Balaban J connectivity index is 1.31. The van der Waals surface area contributed by atoms with E-state index in [9.17, 15) is 4.79 Å². The minimum Gasteiger partial charge on any atom is -0.444 e. The molecule has 10 nitrogen and oxygen atoms in total. The summed E-state index contributed by atoms with van der Waals surface area (Å²) in [5.74, 6) is 1.21. The molecule has 0 aromatic carbocycles. The number of aromatic amines is 1. The van der Waals surface area contributed by atoms with Crippen molar-refractivity contribution in [3.63, 3.8) is 0 Å². The van der Waals surface area contributed by atoms with Crippen molar-refractivity contribution in [1.29, 1.82) is 0 Å². The summed E-state index contributed by atoms with van der Waals surface area (Å²) >= 11 is 8.30. The van der Waals surface area contributed by atoms with Crippen molar-refractivity contribution in [2.45, 2.75) is 67.6 Å². The highest BCUT2D eigenvalue weighted by molar-refractivity contribution is 7.99. The lowest BCUT2D eigenvalue weighted by Crippen LogP contribution is -2.40. The largest absolute Gasteiger partial charge is 0.444 e. The number of nitrogens with one attached hydrogen (secondary N) is 2. The van der Waals surface area contributed by atoms with E-state index in [-0.39, 0.29) is 6.04 Å². The summed E-state index contributed by atoms with van der Waals surface area (Å²) < 4.78 is 5.44. The van der Waals surface area contributed by atoms with Crippen molar-refractivity contribution >= 4 is 57.5 Å². The molecule has 1 saturated carbocycles. The van der Waals surface area contributed by atoms with Crippen molar-refractivity contribution in [2.75, 3.05) is 18.0 Å². The van der Waals surface area contributed by atoms with Crippen LogP contribution in [0.2, 0.25) is 5.02 Å². The molecular formula is C25H27ClN8O2S. The fourth-order valence-corrected chi connectivity index (χ4v) is 5.64. The maximum absolute atomic E-state index is 12.3.